The summed E-state index contributed by atoms with van der Waals surface area (Å²) in [6, 6.07) is 16.5. The van der Waals surface area contributed by atoms with Crippen molar-refractivity contribution in [2.45, 2.75) is 26.3 Å². The summed E-state index contributed by atoms with van der Waals surface area (Å²) in [5.74, 6) is -0.449. The van der Waals surface area contributed by atoms with E-state index in [1.54, 1.807) is 42.5 Å². The van der Waals surface area contributed by atoms with Gasteiger partial charge in [0, 0.05) is 23.1 Å². The molecule has 3 rings (SSSR count). The van der Waals surface area contributed by atoms with Gasteiger partial charge in [0.2, 0.25) is 5.91 Å². The van der Waals surface area contributed by atoms with Gasteiger partial charge in [0.15, 0.2) is 0 Å². The predicted molar refractivity (Wildman–Crippen MR) is 112 cm³/mol. The Morgan fingerprint density at radius 1 is 1.07 bits per heavy atom. The predicted octanol–water partition coefficient (Wildman–Crippen LogP) is 3.60. The van der Waals surface area contributed by atoms with Gasteiger partial charge in [-0.1, -0.05) is 42.5 Å². The van der Waals surface area contributed by atoms with Crippen molar-refractivity contribution in [3.63, 3.8) is 0 Å². The number of nitrogens with one attached hydrogen (secondary N) is 2. The van der Waals surface area contributed by atoms with E-state index in [-0.39, 0.29) is 11.8 Å². The maximum Gasteiger partial charge on any atom is 0.251 e. The summed E-state index contributed by atoms with van der Waals surface area (Å²) in [5.41, 5.74) is 3.76. The molecule has 0 spiro atoms. The smallest absolute Gasteiger partial charge is 0.251 e. The van der Waals surface area contributed by atoms with E-state index in [0.29, 0.717) is 12.1 Å². The molecule has 2 aromatic carbocycles. The zero-order valence-electron chi connectivity index (χ0n) is 15.9. The molecule has 0 saturated carbocycles. The molecule has 6 heteroatoms. The fourth-order valence-electron chi connectivity index (χ4n) is 2.76. The molecule has 0 aliphatic heterocycles. The van der Waals surface area contributed by atoms with Gasteiger partial charge in [0.25, 0.3) is 5.91 Å². The highest BCUT2D eigenvalue weighted by Gasteiger charge is 2.15. The summed E-state index contributed by atoms with van der Waals surface area (Å²) in [4.78, 5) is 28.8. The number of carbonyl (C=O) groups is 2. The average Bonchev–Trinajstić information content (AvgIpc) is 3.15. The van der Waals surface area contributed by atoms with Gasteiger partial charge in [0.1, 0.15) is 6.04 Å². The second kappa shape index (κ2) is 9.28. The summed E-state index contributed by atoms with van der Waals surface area (Å²) in [6.07, 6.45) is 0.724. The Balaban J connectivity index is 1.45. The molecule has 1 atom stereocenters. The van der Waals surface area contributed by atoms with Crippen molar-refractivity contribution in [1.29, 1.82) is 0 Å². The zero-order chi connectivity index (χ0) is 19.9. The normalized spacial score (nSPS) is 11.6. The number of aryl methyl sites for hydroxylation is 1. The monoisotopic (exact) mass is 393 g/mol. The number of hydrogen-bond donors (Lipinski definition) is 2. The van der Waals surface area contributed by atoms with Crippen LogP contribution in [0.4, 0.5) is 0 Å². The van der Waals surface area contributed by atoms with Crippen LogP contribution in [-0.2, 0) is 11.2 Å². The topological polar surface area (TPSA) is 71.1 Å². The molecule has 0 bridgehead atoms. The Labute approximate surface area is 168 Å². The maximum atomic E-state index is 12.2. The van der Waals surface area contributed by atoms with Crippen molar-refractivity contribution < 1.29 is 9.59 Å². The number of thiazole rings is 1. The van der Waals surface area contributed by atoms with Crippen molar-refractivity contribution >= 4 is 23.2 Å². The van der Waals surface area contributed by atoms with E-state index in [4.69, 9.17) is 0 Å². The van der Waals surface area contributed by atoms with Crippen molar-refractivity contribution in [2.75, 3.05) is 6.54 Å². The fraction of sp³-hybridized carbons (Fsp3) is 0.227. The van der Waals surface area contributed by atoms with Gasteiger partial charge >= 0.3 is 0 Å². The lowest BCUT2D eigenvalue weighted by atomic mass is 10.1. The van der Waals surface area contributed by atoms with E-state index >= 15 is 0 Å². The lowest BCUT2D eigenvalue weighted by Gasteiger charge is -2.14. The molecule has 0 radical (unpaired) electrons. The molecule has 0 saturated heterocycles. The molecule has 2 amide bonds. The molecule has 1 unspecified atom stereocenters. The Kier molecular flexibility index (Phi) is 6.55. The van der Waals surface area contributed by atoms with Gasteiger partial charge < -0.3 is 10.6 Å². The Morgan fingerprint density at radius 2 is 1.79 bits per heavy atom. The highest BCUT2D eigenvalue weighted by atomic mass is 32.1. The minimum absolute atomic E-state index is 0.196. The standard InChI is InChI=1S/C22H23N3O2S/c1-15(24-22(27)19-6-4-3-5-7-19)21(26)23-13-12-17-8-10-18(11-9-17)20-14-28-16(2)25-20/h3-11,14-15H,12-13H2,1-2H3,(H,23,26)(H,24,27). The molecule has 1 aromatic heterocycles. The lowest BCUT2D eigenvalue weighted by molar-refractivity contribution is -0.122. The maximum absolute atomic E-state index is 12.2. The first kappa shape index (κ1) is 19.8. The van der Waals surface area contributed by atoms with Crippen LogP contribution in [0.15, 0.2) is 60.0 Å². The number of carbonyl (C=O) groups excluding carboxylic acids is 2. The van der Waals surface area contributed by atoms with Gasteiger partial charge in [0.05, 0.1) is 10.7 Å². The van der Waals surface area contributed by atoms with E-state index in [2.05, 4.69) is 33.1 Å². The van der Waals surface area contributed by atoms with E-state index in [0.717, 1.165) is 28.2 Å². The quantitative estimate of drug-likeness (QED) is 0.644. The third-order valence-electron chi connectivity index (χ3n) is 4.36. The third-order valence-corrected chi connectivity index (χ3v) is 5.13. The summed E-state index contributed by atoms with van der Waals surface area (Å²) in [6.45, 7) is 4.19. The number of hydrogen-bond acceptors (Lipinski definition) is 4. The number of benzene rings is 2. The minimum Gasteiger partial charge on any atom is -0.354 e. The first-order valence-electron chi connectivity index (χ1n) is 9.18. The zero-order valence-corrected chi connectivity index (χ0v) is 16.8. The summed E-state index contributed by atoms with van der Waals surface area (Å²) in [5, 5.41) is 8.69. The van der Waals surface area contributed by atoms with Crippen molar-refractivity contribution in [1.82, 2.24) is 15.6 Å². The number of nitrogens with zero attached hydrogens (tertiary/aromatic N) is 1. The van der Waals surface area contributed by atoms with Crippen molar-refractivity contribution in [3.05, 3.63) is 76.1 Å². The first-order valence-corrected chi connectivity index (χ1v) is 10.1. The molecule has 144 valence electrons. The molecule has 0 fully saturated rings. The van der Waals surface area contributed by atoms with Gasteiger partial charge in [-0.25, -0.2) is 4.98 Å². The highest BCUT2D eigenvalue weighted by molar-refractivity contribution is 7.09. The minimum atomic E-state index is -0.594. The van der Waals surface area contributed by atoms with Gasteiger partial charge in [-0.2, -0.15) is 0 Å². The van der Waals surface area contributed by atoms with Crippen LogP contribution in [-0.4, -0.2) is 29.4 Å². The Hall–Kier alpha value is -2.99. The van der Waals surface area contributed by atoms with Crippen molar-refractivity contribution in [3.8, 4) is 11.3 Å². The first-order chi connectivity index (χ1) is 13.5. The van der Waals surface area contributed by atoms with Crippen LogP contribution in [0.25, 0.3) is 11.3 Å². The van der Waals surface area contributed by atoms with Crippen LogP contribution in [0.2, 0.25) is 0 Å². The van der Waals surface area contributed by atoms with Crippen molar-refractivity contribution in [2.24, 2.45) is 0 Å². The largest absolute Gasteiger partial charge is 0.354 e. The molecular weight excluding hydrogens is 370 g/mol. The molecule has 0 aliphatic carbocycles. The van der Waals surface area contributed by atoms with Crippen LogP contribution < -0.4 is 10.6 Å². The molecule has 5 nitrogen and oxygen atoms in total. The highest BCUT2D eigenvalue weighted by Crippen LogP contribution is 2.21. The molecule has 1 heterocycles. The van der Waals surface area contributed by atoms with Crippen LogP contribution in [0.5, 0.6) is 0 Å². The number of rotatable bonds is 7. The van der Waals surface area contributed by atoms with Gasteiger partial charge in [-0.3, -0.25) is 9.59 Å². The Morgan fingerprint density at radius 3 is 2.43 bits per heavy atom. The molecule has 0 aliphatic rings. The second-order valence-electron chi connectivity index (χ2n) is 6.55. The second-order valence-corrected chi connectivity index (χ2v) is 7.61. The van der Waals surface area contributed by atoms with Gasteiger partial charge in [-0.15, -0.1) is 11.3 Å². The summed E-state index contributed by atoms with van der Waals surface area (Å²) < 4.78 is 0. The molecule has 2 N–H and O–H groups in total. The Bertz CT molecular complexity index is 936. The van der Waals surface area contributed by atoms with Crippen LogP contribution in [0, 0.1) is 6.92 Å². The summed E-state index contributed by atoms with van der Waals surface area (Å²) >= 11 is 1.64. The fourth-order valence-corrected chi connectivity index (χ4v) is 3.38. The summed E-state index contributed by atoms with van der Waals surface area (Å²) in [7, 11) is 0. The number of aromatic nitrogens is 1. The van der Waals surface area contributed by atoms with Crippen LogP contribution in [0.1, 0.15) is 27.9 Å². The molecular formula is C22H23N3O2S. The number of amides is 2. The van der Waals surface area contributed by atoms with E-state index < -0.39 is 6.04 Å². The SMILES string of the molecule is Cc1nc(-c2ccc(CCNC(=O)C(C)NC(=O)c3ccccc3)cc2)cs1. The molecule has 3 aromatic rings. The molecule has 28 heavy (non-hydrogen) atoms. The van der Waals surface area contributed by atoms with Crippen LogP contribution in [0.3, 0.4) is 0 Å². The lowest BCUT2D eigenvalue weighted by Crippen LogP contribution is -2.45. The van der Waals surface area contributed by atoms with Gasteiger partial charge in [-0.05, 0) is 38.0 Å². The van der Waals surface area contributed by atoms with E-state index in [9.17, 15) is 9.59 Å². The third kappa shape index (κ3) is 5.27. The van der Waals surface area contributed by atoms with E-state index in [1.807, 2.05) is 25.1 Å². The average molecular weight is 394 g/mol. The van der Waals surface area contributed by atoms with Crippen LogP contribution >= 0.6 is 11.3 Å². The van der Waals surface area contributed by atoms with E-state index in [1.165, 1.54) is 0 Å².